The zero-order valence-electron chi connectivity index (χ0n) is 12.0. The van der Waals surface area contributed by atoms with Gasteiger partial charge in [0.05, 0.1) is 7.11 Å². The quantitative estimate of drug-likeness (QED) is 0.849. The molecule has 1 unspecified atom stereocenters. The molecule has 0 saturated heterocycles. The summed E-state index contributed by atoms with van der Waals surface area (Å²) in [7, 11) is 3.67. The lowest BCUT2D eigenvalue weighted by atomic mass is 9.98. The lowest BCUT2D eigenvalue weighted by Crippen LogP contribution is -2.30. The number of ether oxygens (including phenoxy) is 1. The van der Waals surface area contributed by atoms with Crippen LogP contribution in [0.4, 0.5) is 0 Å². The van der Waals surface area contributed by atoms with Crippen LogP contribution in [0.3, 0.4) is 0 Å². The molecule has 106 valence electrons. The van der Waals surface area contributed by atoms with Crippen LogP contribution in [0, 0.1) is 0 Å². The molecule has 0 spiro atoms. The lowest BCUT2D eigenvalue weighted by molar-refractivity contribution is 0.406. The molecule has 2 N–H and O–H groups in total. The summed E-state index contributed by atoms with van der Waals surface area (Å²) >= 11 is 0. The molecule has 0 saturated carbocycles. The number of methoxy groups -OCH3 is 1. The Morgan fingerprint density at radius 3 is 2.40 bits per heavy atom. The maximum atomic E-state index is 9.32. The second-order valence-corrected chi connectivity index (χ2v) is 4.87. The predicted octanol–water partition coefficient (Wildman–Crippen LogP) is 2.77. The molecule has 0 heterocycles. The van der Waals surface area contributed by atoms with Crippen molar-refractivity contribution in [3.63, 3.8) is 0 Å². The Kier molecular flexibility index (Phi) is 5.02. The number of likely N-dealkylation sites (N-methyl/N-ethyl adjacent to an activating group) is 1. The molecule has 0 bridgehead atoms. The van der Waals surface area contributed by atoms with Gasteiger partial charge in [0.25, 0.3) is 0 Å². The number of para-hydroxylation sites is 1. The Morgan fingerprint density at radius 2 is 1.75 bits per heavy atom. The summed E-state index contributed by atoms with van der Waals surface area (Å²) in [6.45, 7) is 0. The molecular weight excluding hydrogens is 250 g/mol. The van der Waals surface area contributed by atoms with Crippen LogP contribution in [0.15, 0.2) is 48.5 Å². The number of hydrogen-bond acceptors (Lipinski definition) is 3. The Balaban J connectivity index is 2.07. The summed E-state index contributed by atoms with van der Waals surface area (Å²) in [5, 5.41) is 12.7. The van der Waals surface area contributed by atoms with E-state index in [2.05, 4.69) is 11.4 Å². The molecule has 0 fully saturated rings. The third kappa shape index (κ3) is 3.75. The normalized spacial score (nSPS) is 12.1. The van der Waals surface area contributed by atoms with Crippen LogP contribution in [0.1, 0.15) is 11.1 Å². The van der Waals surface area contributed by atoms with E-state index in [1.54, 1.807) is 19.2 Å². The molecule has 2 aromatic rings. The average Bonchev–Trinajstić information content (AvgIpc) is 2.49. The summed E-state index contributed by atoms with van der Waals surface area (Å²) in [6, 6.07) is 15.8. The fraction of sp³-hybridized carbons (Fsp3) is 0.294. The van der Waals surface area contributed by atoms with Crippen molar-refractivity contribution in [1.29, 1.82) is 0 Å². The second kappa shape index (κ2) is 6.96. The van der Waals surface area contributed by atoms with Gasteiger partial charge in [-0.05, 0) is 49.2 Å². The van der Waals surface area contributed by atoms with E-state index in [1.165, 1.54) is 11.1 Å². The first kappa shape index (κ1) is 14.4. The van der Waals surface area contributed by atoms with Gasteiger partial charge in [-0.3, -0.25) is 0 Å². The Bertz CT molecular complexity index is 537. The van der Waals surface area contributed by atoms with Crippen molar-refractivity contribution >= 4 is 0 Å². The first-order valence-corrected chi connectivity index (χ1v) is 6.80. The van der Waals surface area contributed by atoms with E-state index >= 15 is 0 Å². The van der Waals surface area contributed by atoms with Crippen molar-refractivity contribution in [2.75, 3.05) is 14.2 Å². The molecule has 3 heteroatoms. The van der Waals surface area contributed by atoms with E-state index in [4.69, 9.17) is 4.74 Å². The van der Waals surface area contributed by atoms with Gasteiger partial charge in [0.15, 0.2) is 0 Å². The van der Waals surface area contributed by atoms with E-state index < -0.39 is 0 Å². The van der Waals surface area contributed by atoms with Gasteiger partial charge in [-0.15, -0.1) is 0 Å². The monoisotopic (exact) mass is 271 g/mol. The summed E-state index contributed by atoms with van der Waals surface area (Å²) in [4.78, 5) is 0. The van der Waals surface area contributed by atoms with Gasteiger partial charge in [0.1, 0.15) is 11.5 Å². The summed E-state index contributed by atoms with van der Waals surface area (Å²) in [6.07, 6.45) is 1.82. The number of benzene rings is 2. The smallest absolute Gasteiger partial charge is 0.122 e. The fourth-order valence-electron chi connectivity index (χ4n) is 2.33. The van der Waals surface area contributed by atoms with Crippen molar-refractivity contribution in [2.24, 2.45) is 0 Å². The van der Waals surface area contributed by atoms with Crippen molar-refractivity contribution in [3.05, 3.63) is 59.7 Å². The molecule has 2 aromatic carbocycles. The molecule has 0 aliphatic rings. The lowest BCUT2D eigenvalue weighted by Gasteiger charge is -2.18. The molecule has 3 nitrogen and oxygen atoms in total. The number of nitrogens with one attached hydrogen (secondary N) is 1. The SMILES string of the molecule is CNC(Cc1ccc(O)cc1)Cc1ccccc1OC. The minimum absolute atomic E-state index is 0.305. The van der Waals surface area contributed by atoms with Crippen LogP contribution in [0.5, 0.6) is 11.5 Å². The van der Waals surface area contributed by atoms with Crippen LogP contribution in [-0.4, -0.2) is 25.3 Å². The van der Waals surface area contributed by atoms with E-state index in [1.807, 2.05) is 37.4 Å². The number of rotatable bonds is 6. The highest BCUT2D eigenvalue weighted by Crippen LogP contribution is 2.20. The van der Waals surface area contributed by atoms with Crippen LogP contribution < -0.4 is 10.1 Å². The van der Waals surface area contributed by atoms with Gasteiger partial charge in [-0.1, -0.05) is 30.3 Å². The summed E-state index contributed by atoms with van der Waals surface area (Å²) in [5.74, 6) is 1.23. The van der Waals surface area contributed by atoms with Crippen LogP contribution in [0.25, 0.3) is 0 Å². The minimum atomic E-state index is 0.305. The second-order valence-electron chi connectivity index (χ2n) is 4.87. The predicted molar refractivity (Wildman–Crippen MR) is 81.4 cm³/mol. The summed E-state index contributed by atoms with van der Waals surface area (Å²) in [5.41, 5.74) is 2.41. The van der Waals surface area contributed by atoms with Crippen LogP contribution in [0.2, 0.25) is 0 Å². The molecule has 0 aliphatic carbocycles. The number of aromatic hydroxyl groups is 1. The number of hydrogen-bond donors (Lipinski definition) is 2. The topological polar surface area (TPSA) is 41.5 Å². The molecular formula is C17H21NO2. The van der Waals surface area contributed by atoms with Gasteiger partial charge in [-0.25, -0.2) is 0 Å². The molecule has 20 heavy (non-hydrogen) atoms. The zero-order chi connectivity index (χ0) is 14.4. The fourth-order valence-corrected chi connectivity index (χ4v) is 2.33. The van der Waals surface area contributed by atoms with Crippen LogP contribution in [-0.2, 0) is 12.8 Å². The van der Waals surface area contributed by atoms with Crippen molar-refractivity contribution in [2.45, 2.75) is 18.9 Å². The Morgan fingerprint density at radius 1 is 1.05 bits per heavy atom. The Labute approximate surface area is 120 Å². The van der Waals surface area contributed by atoms with E-state index in [0.29, 0.717) is 11.8 Å². The highest BCUT2D eigenvalue weighted by molar-refractivity contribution is 5.34. The largest absolute Gasteiger partial charge is 0.508 e. The standard InChI is InChI=1S/C17H21NO2/c1-18-15(11-13-7-9-16(19)10-8-13)12-14-5-3-4-6-17(14)20-2/h3-10,15,18-19H,11-12H2,1-2H3. The van der Waals surface area contributed by atoms with E-state index in [0.717, 1.165) is 18.6 Å². The van der Waals surface area contributed by atoms with Crippen LogP contribution >= 0.6 is 0 Å². The van der Waals surface area contributed by atoms with Gasteiger partial charge >= 0.3 is 0 Å². The molecule has 2 rings (SSSR count). The maximum Gasteiger partial charge on any atom is 0.122 e. The minimum Gasteiger partial charge on any atom is -0.508 e. The highest BCUT2D eigenvalue weighted by atomic mass is 16.5. The molecule has 0 radical (unpaired) electrons. The first-order valence-electron chi connectivity index (χ1n) is 6.80. The van der Waals surface area contributed by atoms with Gasteiger partial charge in [0, 0.05) is 6.04 Å². The van der Waals surface area contributed by atoms with Crippen molar-refractivity contribution in [1.82, 2.24) is 5.32 Å². The third-order valence-corrected chi connectivity index (χ3v) is 3.49. The molecule has 1 atom stereocenters. The van der Waals surface area contributed by atoms with E-state index in [-0.39, 0.29) is 0 Å². The highest BCUT2D eigenvalue weighted by Gasteiger charge is 2.11. The van der Waals surface area contributed by atoms with Gasteiger partial charge in [0.2, 0.25) is 0 Å². The zero-order valence-corrected chi connectivity index (χ0v) is 12.0. The molecule has 0 amide bonds. The Hall–Kier alpha value is -2.00. The third-order valence-electron chi connectivity index (χ3n) is 3.49. The van der Waals surface area contributed by atoms with Crippen molar-refractivity contribution in [3.8, 4) is 11.5 Å². The number of phenolic OH excluding ortho intramolecular Hbond substituents is 1. The maximum absolute atomic E-state index is 9.32. The number of phenols is 1. The average molecular weight is 271 g/mol. The van der Waals surface area contributed by atoms with Gasteiger partial charge in [-0.2, -0.15) is 0 Å². The summed E-state index contributed by atoms with van der Waals surface area (Å²) < 4.78 is 5.40. The molecule has 0 aliphatic heterocycles. The van der Waals surface area contributed by atoms with Crippen molar-refractivity contribution < 1.29 is 9.84 Å². The first-order chi connectivity index (χ1) is 9.72. The van der Waals surface area contributed by atoms with E-state index in [9.17, 15) is 5.11 Å². The molecule has 0 aromatic heterocycles. The van der Waals surface area contributed by atoms with Gasteiger partial charge < -0.3 is 15.2 Å².